The number of furan rings is 1. The Kier molecular flexibility index (Phi) is 2.28. The Balaban J connectivity index is 2.31. The van der Waals surface area contributed by atoms with Gasteiger partial charge in [0.05, 0.1) is 19.2 Å². The maximum Gasteiger partial charge on any atom is 0.186 e. The zero-order valence-corrected chi connectivity index (χ0v) is 7.79. The van der Waals surface area contributed by atoms with Gasteiger partial charge in [0.15, 0.2) is 5.82 Å². The number of nitrogens with two attached hydrogens (primary N) is 1. The van der Waals surface area contributed by atoms with E-state index in [0.717, 1.165) is 5.76 Å². The predicted octanol–water partition coefficient (Wildman–Crippen LogP) is -0.106. The van der Waals surface area contributed by atoms with E-state index in [1.807, 2.05) is 12.1 Å². The number of rotatable bonds is 3. The molecule has 0 fully saturated rings. The molecule has 0 saturated heterocycles. The number of aryl methyl sites for hydroxylation is 1. The topological polar surface area (TPSA) is 82.8 Å². The lowest BCUT2D eigenvalue weighted by molar-refractivity contribution is 0.479. The second kappa shape index (κ2) is 3.59. The third-order valence-corrected chi connectivity index (χ3v) is 1.96. The molecule has 1 unspecified atom stereocenters. The lowest BCUT2D eigenvalue weighted by atomic mass is 10.1. The standard InChI is InChI=1S/C8H11N5O/c1-13-11-8(10-12-13)6(5-9)7-3-2-4-14-7/h2-4,6H,5,9H2,1H3. The van der Waals surface area contributed by atoms with E-state index in [1.165, 1.54) is 4.80 Å². The van der Waals surface area contributed by atoms with Crippen molar-refractivity contribution >= 4 is 0 Å². The van der Waals surface area contributed by atoms with Gasteiger partial charge in [-0.3, -0.25) is 0 Å². The number of hydrogen-bond donors (Lipinski definition) is 1. The lowest BCUT2D eigenvalue weighted by Crippen LogP contribution is -2.15. The quantitative estimate of drug-likeness (QED) is 0.735. The minimum absolute atomic E-state index is 0.112. The molecule has 14 heavy (non-hydrogen) atoms. The zero-order valence-electron chi connectivity index (χ0n) is 7.79. The number of aromatic nitrogens is 4. The summed E-state index contributed by atoms with van der Waals surface area (Å²) in [7, 11) is 1.71. The molecule has 6 nitrogen and oxygen atoms in total. The van der Waals surface area contributed by atoms with Crippen molar-refractivity contribution in [1.29, 1.82) is 0 Å². The average Bonchev–Trinajstić information content (AvgIpc) is 2.79. The van der Waals surface area contributed by atoms with Crippen molar-refractivity contribution in [3.05, 3.63) is 30.0 Å². The molecule has 6 heteroatoms. The molecule has 0 aromatic carbocycles. The van der Waals surface area contributed by atoms with Gasteiger partial charge in [0.2, 0.25) is 0 Å². The summed E-state index contributed by atoms with van der Waals surface area (Å²) in [5.41, 5.74) is 5.63. The lowest BCUT2D eigenvalue weighted by Gasteiger charge is -2.05. The highest BCUT2D eigenvalue weighted by Crippen LogP contribution is 2.19. The second-order valence-corrected chi connectivity index (χ2v) is 2.94. The van der Waals surface area contributed by atoms with E-state index in [4.69, 9.17) is 10.2 Å². The first-order valence-electron chi connectivity index (χ1n) is 4.28. The van der Waals surface area contributed by atoms with Crippen LogP contribution in [-0.4, -0.2) is 26.8 Å². The highest BCUT2D eigenvalue weighted by Gasteiger charge is 2.19. The third-order valence-electron chi connectivity index (χ3n) is 1.96. The van der Waals surface area contributed by atoms with Gasteiger partial charge in [-0.15, -0.1) is 10.2 Å². The molecule has 0 aliphatic rings. The maximum absolute atomic E-state index is 5.63. The maximum atomic E-state index is 5.63. The Labute approximate surface area is 80.7 Å². The number of tetrazole rings is 1. The van der Waals surface area contributed by atoms with Gasteiger partial charge >= 0.3 is 0 Å². The molecule has 74 valence electrons. The summed E-state index contributed by atoms with van der Waals surface area (Å²) < 4.78 is 5.25. The van der Waals surface area contributed by atoms with Gasteiger partial charge in [0.25, 0.3) is 0 Å². The SMILES string of the molecule is Cn1nnc(C(CN)c2ccco2)n1. The summed E-state index contributed by atoms with van der Waals surface area (Å²) in [5, 5.41) is 11.8. The molecule has 2 heterocycles. The van der Waals surface area contributed by atoms with E-state index in [1.54, 1.807) is 13.3 Å². The summed E-state index contributed by atoms with van der Waals surface area (Å²) in [6, 6.07) is 3.67. The van der Waals surface area contributed by atoms with E-state index in [2.05, 4.69) is 15.4 Å². The second-order valence-electron chi connectivity index (χ2n) is 2.94. The fraction of sp³-hybridized carbons (Fsp3) is 0.375. The highest BCUT2D eigenvalue weighted by molar-refractivity contribution is 5.14. The molecule has 0 aliphatic heterocycles. The number of hydrogen-bond acceptors (Lipinski definition) is 5. The molecule has 2 rings (SSSR count). The van der Waals surface area contributed by atoms with E-state index in [0.29, 0.717) is 12.4 Å². The van der Waals surface area contributed by atoms with Crippen LogP contribution in [0.3, 0.4) is 0 Å². The molecule has 0 saturated carbocycles. The van der Waals surface area contributed by atoms with Gasteiger partial charge in [-0.05, 0) is 17.3 Å². The van der Waals surface area contributed by atoms with E-state index >= 15 is 0 Å². The van der Waals surface area contributed by atoms with E-state index in [9.17, 15) is 0 Å². The summed E-state index contributed by atoms with van der Waals surface area (Å²) in [6.45, 7) is 0.402. The van der Waals surface area contributed by atoms with Crippen LogP contribution < -0.4 is 5.73 Å². The van der Waals surface area contributed by atoms with Crippen LogP contribution in [0, 0.1) is 0 Å². The molecule has 1 atom stereocenters. The van der Waals surface area contributed by atoms with Crippen molar-refractivity contribution in [2.24, 2.45) is 12.8 Å². The van der Waals surface area contributed by atoms with Crippen molar-refractivity contribution < 1.29 is 4.42 Å². The minimum Gasteiger partial charge on any atom is -0.469 e. The van der Waals surface area contributed by atoms with Gasteiger partial charge < -0.3 is 10.2 Å². The Morgan fingerprint density at radius 1 is 1.64 bits per heavy atom. The zero-order chi connectivity index (χ0) is 9.97. The molecular formula is C8H11N5O. The van der Waals surface area contributed by atoms with Crippen LogP contribution in [0.2, 0.25) is 0 Å². The Bertz CT molecular complexity index is 394. The third kappa shape index (κ3) is 1.51. The van der Waals surface area contributed by atoms with Gasteiger partial charge in [-0.25, -0.2) is 0 Å². The van der Waals surface area contributed by atoms with Crippen LogP contribution in [-0.2, 0) is 7.05 Å². The molecule has 2 aromatic rings. The Morgan fingerprint density at radius 3 is 3.00 bits per heavy atom. The fourth-order valence-electron chi connectivity index (χ4n) is 1.28. The van der Waals surface area contributed by atoms with Crippen LogP contribution in [0.5, 0.6) is 0 Å². The monoisotopic (exact) mass is 193 g/mol. The fourth-order valence-corrected chi connectivity index (χ4v) is 1.28. The highest BCUT2D eigenvalue weighted by atomic mass is 16.3. The smallest absolute Gasteiger partial charge is 0.186 e. The molecule has 2 aromatic heterocycles. The number of nitrogens with zero attached hydrogens (tertiary/aromatic N) is 4. The van der Waals surface area contributed by atoms with Gasteiger partial charge in [0.1, 0.15) is 5.76 Å². The summed E-state index contributed by atoms with van der Waals surface area (Å²) in [5.74, 6) is 1.24. The van der Waals surface area contributed by atoms with E-state index in [-0.39, 0.29) is 5.92 Å². The molecule has 0 radical (unpaired) electrons. The molecule has 2 N–H and O–H groups in total. The Hall–Kier alpha value is -1.69. The normalized spacial score (nSPS) is 13.0. The average molecular weight is 193 g/mol. The molecule has 0 spiro atoms. The molecule has 0 bridgehead atoms. The van der Waals surface area contributed by atoms with Crippen molar-refractivity contribution in [3.63, 3.8) is 0 Å². The largest absolute Gasteiger partial charge is 0.469 e. The van der Waals surface area contributed by atoms with Crippen LogP contribution in [0.15, 0.2) is 22.8 Å². The summed E-state index contributed by atoms with van der Waals surface area (Å²) in [6.07, 6.45) is 1.61. The van der Waals surface area contributed by atoms with Crippen molar-refractivity contribution in [2.45, 2.75) is 5.92 Å². The minimum atomic E-state index is -0.112. The molecular weight excluding hydrogens is 182 g/mol. The van der Waals surface area contributed by atoms with Gasteiger partial charge in [-0.2, -0.15) is 4.80 Å². The van der Waals surface area contributed by atoms with Crippen molar-refractivity contribution in [2.75, 3.05) is 6.54 Å². The molecule has 0 amide bonds. The van der Waals surface area contributed by atoms with Gasteiger partial charge in [-0.1, -0.05) is 0 Å². The Morgan fingerprint density at radius 2 is 2.50 bits per heavy atom. The van der Waals surface area contributed by atoms with Crippen LogP contribution in [0.4, 0.5) is 0 Å². The van der Waals surface area contributed by atoms with Crippen molar-refractivity contribution in [3.8, 4) is 0 Å². The van der Waals surface area contributed by atoms with Crippen molar-refractivity contribution in [1.82, 2.24) is 20.2 Å². The predicted molar refractivity (Wildman–Crippen MR) is 48.4 cm³/mol. The van der Waals surface area contributed by atoms with Gasteiger partial charge in [0, 0.05) is 6.54 Å². The first-order valence-corrected chi connectivity index (χ1v) is 4.28. The molecule has 0 aliphatic carbocycles. The summed E-state index contributed by atoms with van der Waals surface area (Å²) >= 11 is 0. The summed E-state index contributed by atoms with van der Waals surface area (Å²) in [4.78, 5) is 1.40. The van der Waals surface area contributed by atoms with Crippen LogP contribution >= 0.6 is 0 Å². The van der Waals surface area contributed by atoms with Crippen LogP contribution in [0.1, 0.15) is 17.5 Å². The van der Waals surface area contributed by atoms with E-state index < -0.39 is 0 Å². The first kappa shape index (κ1) is 8.89. The first-order chi connectivity index (χ1) is 6.81. The van der Waals surface area contributed by atoms with Crippen LogP contribution in [0.25, 0.3) is 0 Å².